The minimum atomic E-state index is 0.659. The van der Waals surface area contributed by atoms with E-state index in [1.165, 1.54) is 5.56 Å². The van der Waals surface area contributed by atoms with E-state index in [1.54, 1.807) is 6.07 Å². The summed E-state index contributed by atoms with van der Waals surface area (Å²) in [5.41, 5.74) is 8.87. The first-order valence-corrected chi connectivity index (χ1v) is 6.74. The maximum atomic E-state index is 5.97. The van der Waals surface area contributed by atoms with Crippen LogP contribution >= 0.6 is 27.5 Å². The average molecular weight is 326 g/mol. The minimum Gasteiger partial charge on any atom is -0.397 e. The van der Waals surface area contributed by atoms with E-state index in [2.05, 4.69) is 33.0 Å². The zero-order valence-electron chi connectivity index (χ0n) is 10.0. The van der Waals surface area contributed by atoms with E-state index in [0.717, 1.165) is 16.7 Å². The third-order valence-corrected chi connectivity index (χ3v) is 3.44. The highest BCUT2D eigenvalue weighted by Crippen LogP contribution is 2.27. The molecule has 2 aromatic carbocycles. The third-order valence-electron chi connectivity index (χ3n) is 2.71. The van der Waals surface area contributed by atoms with Crippen molar-refractivity contribution in [2.24, 2.45) is 0 Å². The summed E-state index contributed by atoms with van der Waals surface area (Å²) < 4.78 is 1.08. The van der Waals surface area contributed by atoms with Gasteiger partial charge in [-0.1, -0.05) is 39.7 Å². The monoisotopic (exact) mass is 324 g/mol. The van der Waals surface area contributed by atoms with Gasteiger partial charge in [0.25, 0.3) is 0 Å². The molecule has 2 aromatic rings. The van der Waals surface area contributed by atoms with E-state index in [4.69, 9.17) is 17.3 Å². The van der Waals surface area contributed by atoms with Gasteiger partial charge >= 0.3 is 0 Å². The van der Waals surface area contributed by atoms with Gasteiger partial charge < -0.3 is 10.6 Å². The Morgan fingerprint density at radius 2 is 2.00 bits per heavy atom. The van der Waals surface area contributed by atoms with E-state index in [-0.39, 0.29) is 0 Å². The van der Waals surface area contributed by atoms with Crippen molar-refractivity contribution in [3.63, 3.8) is 0 Å². The van der Waals surface area contributed by atoms with Gasteiger partial charge in [-0.2, -0.15) is 0 Å². The molecule has 0 heterocycles. The Bertz CT molecular complexity index is 557. The van der Waals surface area contributed by atoms with Crippen LogP contribution in [0.2, 0.25) is 5.02 Å². The predicted octanol–water partition coefficient (Wildman–Crippen LogP) is 4.32. The van der Waals surface area contributed by atoms with Crippen LogP contribution in [0.1, 0.15) is 5.56 Å². The number of nitrogens with zero attached hydrogens (tertiary/aromatic N) is 1. The second kappa shape index (κ2) is 5.63. The van der Waals surface area contributed by atoms with Crippen LogP contribution in [0.4, 0.5) is 11.4 Å². The number of benzene rings is 2. The second-order valence-electron chi connectivity index (χ2n) is 4.19. The molecular weight excluding hydrogens is 312 g/mol. The van der Waals surface area contributed by atoms with Crippen molar-refractivity contribution in [3.8, 4) is 0 Å². The molecule has 0 aliphatic carbocycles. The minimum absolute atomic E-state index is 0.659. The van der Waals surface area contributed by atoms with Crippen LogP contribution in [0.3, 0.4) is 0 Å². The SMILES string of the molecule is CN(Cc1cccc(Br)c1)c1ccc(Cl)cc1N. The zero-order chi connectivity index (χ0) is 13.1. The van der Waals surface area contributed by atoms with Crippen LogP contribution in [0.5, 0.6) is 0 Å². The number of hydrogen-bond donors (Lipinski definition) is 1. The van der Waals surface area contributed by atoms with Crippen molar-refractivity contribution in [1.29, 1.82) is 0 Å². The summed E-state index contributed by atoms with van der Waals surface area (Å²) >= 11 is 9.37. The first-order valence-electron chi connectivity index (χ1n) is 5.57. The van der Waals surface area contributed by atoms with Gasteiger partial charge in [-0.3, -0.25) is 0 Å². The van der Waals surface area contributed by atoms with Crippen LogP contribution in [0.15, 0.2) is 46.9 Å². The summed E-state index contributed by atoms with van der Waals surface area (Å²) in [6, 6.07) is 13.8. The summed E-state index contributed by atoms with van der Waals surface area (Å²) in [5.74, 6) is 0. The number of hydrogen-bond acceptors (Lipinski definition) is 2. The quantitative estimate of drug-likeness (QED) is 0.852. The predicted molar refractivity (Wildman–Crippen MR) is 82.1 cm³/mol. The zero-order valence-corrected chi connectivity index (χ0v) is 12.4. The highest BCUT2D eigenvalue weighted by Gasteiger charge is 2.06. The first-order chi connectivity index (χ1) is 8.56. The molecular formula is C14H14BrClN2. The molecule has 0 fully saturated rings. The van der Waals surface area contributed by atoms with Crippen molar-refractivity contribution < 1.29 is 0 Å². The lowest BCUT2D eigenvalue weighted by Crippen LogP contribution is -2.17. The highest BCUT2D eigenvalue weighted by molar-refractivity contribution is 9.10. The molecule has 4 heteroatoms. The fourth-order valence-electron chi connectivity index (χ4n) is 1.87. The molecule has 0 aliphatic heterocycles. The van der Waals surface area contributed by atoms with Crippen LogP contribution < -0.4 is 10.6 Å². The summed E-state index contributed by atoms with van der Waals surface area (Å²) in [7, 11) is 2.01. The lowest BCUT2D eigenvalue weighted by Gasteiger charge is -2.21. The molecule has 0 radical (unpaired) electrons. The molecule has 0 spiro atoms. The topological polar surface area (TPSA) is 29.3 Å². The standard InChI is InChI=1S/C14H14BrClN2/c1-18(9-10-3-2-4-11(15)7-10)14-6-5-12(16)8-13(14)17/h2-8H,9,17H2,1H3. The maximum Gasteiger partial charge on any atom is 0.0601 e. The Morgan fingerprint density at radius 3 is 2.67 bits per heavy atom. The van der Waals surface area contributed by atoms with Crippen molar-refractivity contribution in [1.82, 2.24) is 0 Å². The Hall–Kier alpha value is -1.19. The summed E-state index contributed by atoms with van der Waals surface area (Å²) in [6.45, 7) is 0.797. The lowest BCUT2D eigenvalue weighted by molar-refractivity contribution is 0.924. The van der Waals surface area contributed by atoms with Crippen molar-refractivity contribution in [2.75, 3.05) is 17.7 Å². The summed E-state index contributed by atoms with van der Waals surface area (Å²) in [5, 5.41) is 0.659. The molecule has 0 unspecified atom stereocenters. The lowest BCUT2D eigenvalue weighted by atomic mass is 10.2. The van der Waals surface area contributed by atoms with Crippen molar-refractivity contribution in [3.05, 3.63) is 57.5 Å². The van der Waals surface area contributed by atoms with Gasteiger partial charge in [0, 0.05) is 23.1 Å². The molecule has 18 heavy (non-hydrogen) atoms. The number of nitrogens with two attached hydrogens (primary N) is 1. The van der Waals surface area contributed by atoms with Gasteiger partial charge in [-0.25, -0.2) is 0 Å². The molecule has 2 N–H and O–H groups in total. The molecule has 0 aliphatic rings. The number of rotatable bonds is 3. The molecule has 0 aromatic heterocycles. The summed E-state index contributed by atoms with van der Waals surface area (Å²) in [4.78, 5) is 2.10. The average Bonchev–Trinajstić information content (AvgIpc) is 2.28. The van der Waals surface area contributed by atoms with Gasteiger partial charge in [0.1, 0.15) is 0 Å². The van der Waals surface area contributed by atoms with E-state index in [0.29, 0.717) is 10.7 Å². The fourth-order valence-corrected chi connectivity index (χ4v) is 2.49. The molecule has 0 saturated heterocycles. The molecule has 2 nitrogen and oxygen atoms in total. The Balaban J connectivity index is 2.19. The molecule has 2 rings (SSSR count). The highest BCUT2D eigenvalue weighted by atomic mass is 79.9. The van der Waals surface area contributed by atoms with Crippen molar-refractivity contribution in [2.45, 2.75) is 6.54 Å². The molecule has 0 bridgehead atoms. The van der Waals surface area contributed by atoms with Crippen LogP contribution in [0, 0.1) is 0 Å². The van der Waals surface area contributed by atoms with Crippen LogP contribution in [0.25, 0.3) is 0 Å². The van der Waals surface area contributed by atoms with E-state index < -0.39 is 0 Å². The Labute approximate surface area is 120 Å². The van der Waals surface area contributed by atoms with Gasteiger partial charge in [-0.05, 0) is 35.9 Å². The maximum absolute atomic E-state index is 5.97. The molecule has 0 amide bonds. The Kier molecular flexibility index (Phi) is 4.15. The van der Waals surface area contributed by atoms with E-state index in [1.807, 2.05) is 31.3 Å². The number of nitrogen functional groups attached to an aromatic ring is 1. The van der Waals surface area contributed by atoms with Crippen LogP contribution in [-0.2, 0) is 6.54 Å². The first kappa shape index (κ1) is 13.2. The fraction of sp³-hybridized carbons (Fsp3) is 0.143. The molecule has 0 saturated carbocycles. The smallest absolute Gasteiger partial charge is 0.0601 e. The second-order valence-corrected chi connectivity index (χ2v) is 5.54. The van der Waals surface area contributed by atoms with E-state index >= 15 is 0 Å². The Morgan fingerprint density at radius 1 is 1.22 bits per heavy atom. The summed E-state index contributed by atoms with van der Waals surface area (Å²) in [6.07, 6.45) is 0. The third kappa shape index (κ3) is 3.18. The normalized spacial score (nSPS) is 10.4. The van der Waals surface area contributed by atoms with Gasteiger partial charge in [0.05, 0.1) is 11.4 Å². The molecule has 0 atom stereocenters. The van der Waals surface area contributed by atoms with Crippen LogP contribution in [-0.4, -0.2) is 7.05 Å². The molecule has 94 valence electrons. The van der Waals surface area contributed by atoms with E-state index in [9.17, 15) is 0 Å². The van der Waals surface area contributed by atoms with Gasteiger partial charge in [0.15, 0.2) is 0 Å². The van der Waals surface area contributed by atoms with Gasteiger partial charge in [-0.15, -0.1) is 0 Å². The largest absolute Gasteiger partial charge is 0.397 e. The van der Waals surface area contributed by atoms with Crippen molar-refractivity contribution >= 4 is 38.9 Å². The number of anilines is 2. The number of halogens is 2. The van der Waals surface area contributed by atoms with Gasteiger partial charge in [0.2, 0.25) is 0 Å².